The molecule has 0 aliphatic carbocycles. The molecule has 1 fully saturated rings. The molecule has 0 saturated carbocycles. The SMILES string of the molecule is CN=C(NCc1ccc2c(c1)OCO2)N1CCN(S(=O)(=O)Cc2ccon2)CC1.I. The van der Waals surface area contributed by atoms with Crippen LogP contribution in [-0.4, -0.2) is 68.8 Å². The molecule has 0 spiro atoms. The fraction of sp³-hybridized carbons (Fsp3) is 0.444. The standard InChI is InChI=1S/C18H23N5O5S.HI/c1-19-18(20-11-14-2-3-16-17(10-14)27-13-26-16)22-5-7-23(8-6-22)29(24,25)12-15-4-9-28-21-15;/h2-4,9-10H,5-8,11-13H2,1H3,(H,19,20);1H. The fourth-order valence-corrected chi connectivity index (χ4v) is 4.76. The number of piperazine rings is 1. The quantitative estimate of drug-likeness (QED) is 0.337. The van der Waals surface area contributed by atoms with E-state index in [9.17, 15) is 8.42 Å². The Bertz CT molecular complexity index is 975. The van der Waals surface area contributed by atoms with E-state index >= 15 is 0 Å². The molecule has 1 N–H and O–H groups in total. The van der Waals surface area contributed by atoms with E-state index in [2.05, 4.69) is 20.4 Å². The first-order valence-electron chi connectivity index (χ1n) is 9.26. The summed E-state index contributed by atoms with van der Waals surface area (Å²) in [7, 11) is -1.71. The average Bonchev–Trinajstić information content (AvgIpc) is 3.40. The van der Waals surface area contributed by atoms with Gasteiger partial charge in [-0.15, -0.1) is 24.0 Å². The molecule has 10 nitrogen and oxygen atoms in total. The molecule has 30 heavy (non-hydrogen) atoms. The van der Waals surface area contributed by atoms with Gasteiger partial charge in [-0.1, -0.05) is 11.2 Å². The number of halogens is 1. The van der Waals surface area contributed by atoms with Gasteiger partial charge in [0.15, 0.2) is 17.5 Å². The fourth-order valence-electron chi connectivity index (χ4n) is 3.33. The van der Waals surface area contributed by atoms with Crippen LogP contribution in [0, 0.1) is 0 Å². The number of aromatic nitrogens is 1. The monoisotopic (exact) mass is 549 g/mol. The summed E-state index contributed by atoms with van der Waals surface area (Å²) >= 11 is 0. The van der Waals surface area contributed by atoms with Crippen LogP contribution in [-0.2, 0) is 22.3 Å². The normalized spacial score (nSPS) is 17.0. The highest BCUT2D eigenvalue weighted by atomic mass is 127. The van der Waals surface area contributed by atoms with Crippen molar-refractivity contribution in [2.75, 3.05) is 40.0 Å². The molecule has 0 amide bonds. The third-order valence-corrected chi connectivity index (χ3v) is 6.67. The maximum Gasteiger partial charge on any atom is 0.231 e. The number of hydrogen-bond donors (Lipinski definition) is 1. The van der Waals surface area contributed by atoms with E-state index in [0.717, 1.165) is 23.0 Å². The number of nitrogens with one attached hydrogen (secondary N) is 1. The van der Waals surface area contributed by atoms with Crippen molar-refractivity contribution in [3.63, 3.8) is 0 Å². The Kier molecular flexibility index (Phi) is 7.41. The van der Waals surface area contributed by atoms with Crippen molar-refractivity contribution in [2.24, 2.45) is 4.99 Å². The molecule has 164 valence electrons. The zero-order valence-electron chi connectivity index (χ0n) is 16.5. The zero-order chi connectivity index (χ0) is 20.3. The Hall–Kier alpha value is -2.06. The number of guanidine groups is 1. The van der Waals surface area contributed by atoms with Gasteiger partial charge in [-0.05, 0) is 17.7 Å². The summed E-state index contributed by atoms with van der Waals surface area (Å²) in [5, 5.41) is 7.02. The molecule has 12 heteroatoms. The molecule has 2 aromatic rings. The second-order valence-corrected chi connectivity index (χ2v) is 8.69. The van der Waals surface area contributed by atoms with E-state index in [-0.39, 0.29) is 36.5 Å². The Morgan fingerprint density at radius 2 is 1.93 bits per heavy atom. The summed E-state index contributed by atoms with van der Waals surface area (Å²) in [5.74, 6) is 2.07. The highest BCUT2D eigenvalue weighted by Gasteiger charge is 2.29. The van der Waals surface area contributed by atoms with E-state index in [1.165, 1.54) is 10.6 Å². The number of nitrogens with zero attached hydrogens (tertiary/aromatic N) is 4. The number of hydrogen-bond acceptors (Lipinski definition) is 7. The van der Waals surface area contributed by atoms with Crippen LogP contribution in [0.15, 0.2) is 40.0 Å². The minimum Gasteiger partial charge on any atom is -0.454 e. The van der Waals surface area contributed by atoms with Gasteiger partial charge in [0.05, 0.1) is 5.69 Å². The molecule has 2 aliphatic rings. The molecule has 0 unspecified atom stereocenters. The first-order valence-corrected chi connectivity index (χ1v) is 10.9. The largest absolute Gasteiger partial charge is 0.454 e. The molecule has 1 aromatic carbocycles. The van der Waals surface area contributed by atoms with Crippen molar-refractivity contribution >= 4 is 40.0 Å². The summed E-state index contributed by atoms with van der Waals surface area (Å²) in [5.41, 5.74) is 1.46. The van der Waals surface area contributed by atoms with Gasteiger partial charge in [-0.3, -0.25) is 4.99 Å². The second-order valence-electron chi connectivity index (χ2n) is 6.72. The van der Waals surface area contributed by atoms with Gasteiger partial charge < -0.3 is 24.2 Å². The Morgan fingerprint density at radius 3 is 2.63 bits per heavy atom. The van der Waals surface area contributed by atoms with Crippen molar-refractivity contribution in [1.82, 2.24) is 19.7 Å². The Balaban J connectivity index is 0.00000256. The van der Waals surface area contributed by atoms with Crippen LogP contribution in [0.25, 0.3) is 0 Å². The number of benzene rings is 1. The smallest absolute Gasteiger partial charge is 0.231 e. The van der Waals surface area contributed by atoms with Crippen LogP contribution in [0.3, 0.4) is 0 Å². The van der Waals surface area contributed by atoms with Crippen molar-refractivity contribution in [2.45, 2.75) is 12.3 Å². The number of fused-ring (bicyclic) bond motifs is 1. The molecule has 0 atom stereocenters. The number of sulfonamides is 1. The molecule has 1 aromatic heterocycles. The zero-order valence-corrected chi connectivity index (χ0v) is 19.6. The van der Waals surface area contributed by atoms with Crippen LogP contribution in [0.5, 0.6) is 11.5 Å². The van der Waals surface area contributed by atoms with E-state index in [4.69, 9.17) is 14.0 Å². The summed E-state index contributed by atoms with van der Waals surface area (Å²) < 4.78 is 42.1. The lowest BCUT2D eigenvalue weighted by Crippen LogP contribution is -2.53. The minimum absolute atomic E-state index is 0. The molecular weight excluding hydrogens is 525 g/mol. The van der Waals surface area contributed by atoms with Crippen LogP contribution < -0.4 is 14.8 Å². The molecule has 3 heterocycles. The van der Waals surface area contributed by atoms with Crippen LogP contribution in [0.1, 0.15) is 11.3 Å². The van der Waals surface area contributed by atoms with E-state index in [1.807, 2.05) is 18.2 Å². The maximum atomic E-state index is 12.6. The molecular formula is C18H24IN5O5S. The number of ether oxygens (including phenoxy) is 2. The van der Waals surface area contributed by atoms with Gasteiger partial charge >= 0.3 is 0 Å². The summed E-state index contributed by atoms with van der Waals surface area (Å²) in [6.45, 7) is 2.72. The second kappa shape index (κ2) is 9.83. The van der Waals surface area contributed by atoms with Crippen molar-refractivity contribution in [3.8, 4) is 11.5 Å². The van der Waals surface area contributed by atoms with Gasteiger partial charge in [0.1, 0.15) is 12.0 Å². The third-order valence-electron chi connectivity index (χ3n) is 4.85. The first-order chi connectivity index (χ1) is 14.0. The Morgan fingerprint density at radius 1 is 1.17 bits per heavy atom. The molecule has 1 saturated heterocycles. The van der Waals surface area contributed by atoms with Crippen molar-refractivity contribution in [1.29, 1.82) is 0 Å². The number of rotatable bonds is 5. The van der Waals surface area contributed by atoms with E-state index < -0.39 is 10.0 Å². The Labute approximate surface area is 192 Å². The van der Waals surface area contributed by atoms with E-state index in [0.29, 0.717) is 38.4 Å². The molecule has 4 rings (SSSR count). The van der Waals surface area contributed by atoms with Gasteiger partial charge in [0.2, 0.25) is 16.8 Å². The van der Waals surface area contributed by atoms with Crippen LogP contribution >= 0.6 is 24.0 Å². The van der Waals surface area contributed by atoms with Gasteiger partial charge in [0.25, 0.3) is 0 Å². The highest BCUT2D eigenvalue weighted by molar-refractivity contribution is 14.0. The van der Waals surface area contributed by atoms with Crippen LogP contribution in [0.4, 0.5) is 0 Å². The average molecular weight is 549 g/mol. The van der Waals surface area contributed by atoms with Crippen LogP contribution in [0.2, 0.25) is 0 Å². The lowest BCUT2D eigenvalue weighted by atomic mass is 10.2. The first kappa shape index (κ1) is 22.6. The minimum atomic E-state index is -3.43. The summed E-state index contributed by atoms with van der Waals surface area (Å²) in [6, 6.07) is 7.37. The van der Waals surface area contributed by atoms with Gasteiger partial charge in [0, 0.05) is 45.8 Å². The third kappa shape index (κ3) is 5.16. The van der Waals surface area contributed by atoms with Gasteiger partial charge in [-0.2, -0.15) is 4.31 Å². The highest BCUT2D eigenvalue weighted by Crippen LogP contribution is 2.32. The van der Waals surface area contributed by atoms with E-state index in [1.54, 1.807) is 13.1 Å². The lowest BCUT2D eigenvalue weighted by molar-refractivity contribution is 0.174. The number of aliphatic imine (C=N–C) groups is 1. The topological polar surface area (TPSA) is 110 Å². The van der Waals surface area contributed by atoms with Crippen molar-refractivity contribution in [3.05, 3.63) is 41.8 Å². The maximum absolute atomic E-state index is 12.6. The van der Waals surface area contributed by atoms with Crippen molar-refractivity contribution < 1.29 is 22.4 Å². The van der Waals surface area contributed by atoms with Gasteiger partial charge in [-0.25, -0.2) is 8.42 Å². The molecule has 0 radical (unpaired) electrons. The predicted molar refractivity (Wildman–Crippen MR) is 120 cm³/mol. The molecule has 2 aliphatic heterocycles. The summed E-state index contributed by atoms with van der Waals surface area (Å²) in [4.78, 5) is 6.38. The summed E-state index contributed by atoms with van der Waals surface area (Å²) in [6.07, 6.45) is 1.37. The predicted octanol–water partition coefficient (Wildman–Crippen LogP) is 1.24. The lowest BCUT2D eigenvalue weighted by Gasteiger charge is -2.35. The molecule has 0 bridgehead atoms.